The normalized spacial score (nSPS) is 22.9. The van der Waals surface area contributed by atoms with Crippen LogP contribution in [-0.2, 0) is 14.8 Å². The molecule has 3 aromatic rings. The average Bonchev–Trinajstić information content (AvgIpc) is 3.31. The maximum absolute atomic E-state index is 15.8. The Morgan fingerprint density at radius 1 is 1.08 bits per heavy atom. The van der Waals surface area contributed by atoms with Crippen LogP contribution in [0.5, 0.6) is 11.5 Å². The van der Waals surface area contributed by atoms with Crippen molar-refractivity contribution in [2.75, 3.05) is 45.4 Å². The Labute approximate surface area is 205 Å². The summed E-state index contributed by atoms with van der Waals surface area (Å²) >= 11 is 0. The summed E-state index contributed by atoms with van der Waals surface area (Å²) in [5.41, 5.74) is -1.53. The predicted molar refractivity (Wildman–Crippen MR) is 123 cm³/mol. The first-order chi connectivity index (χ1) is 17.2. The first kappa shape index (κ1) is 24.5. The van der Waals surface area contributed by atoms with Crippen LogP contribution in [0, 0.1) is 11.6 Å². The van der Waals surface area contributed by atoms with E-state index < -0.39 is 33.6 Å². The van der Waals surface area contributed by atoms with Gasteiger partial charge in [0.1, 0.15) is 0 Å². The lowest BCUT2D eigenvalue weighted by Crippen LogP contribution is -2.62. The highest BCUT2D eigenvalue weighted by Crippen LogP contribution is 2.41. The molecule has 9 nitrogen and oxygen atoms in total. The van der Waals surface area contributed by atoms with Crippen LogP contribution in [-0.4, -0.2) is 75.0 Å². The number of anilines is 1. The molecule has 2 unspecified atom stereocenters. The van der Waals surface area contributed by atoms with Crippen LogP contribution in [0.1, 0.15) is 6.42 Å². The number of alkyl halides is 1. The fourth-order valence-corrected chi connectivity index (χ4v) is 6.40. The van der Waals surface area contributed by atoms with E-state index in [-0.39, 0.29) is 54.8 Å². The third-order valence-electron chi connectivity index (χ3n) is 6.51. The van der Waals surface area contributed by atoms with Crippen molar-refractivity contribution >= 4 is 26.9 Å². The van der Waals surface area contributed by atoms with Crippen LogP contribution in [0.2, 0.25) is 0 Å². The Bertz CT molecular complexity index is 1430. The first-order valence-corrected chi connectivity index (χ1v) is 12.5. The van der Waals surface area contributed by atoms with Gasteiger partial charge in [-0.05, 0) is 18.2 Å². The highest BCUT2D eigenvalue weighted by Gasteiger charge is 2.57. The van der Waals surface area contributed by atoms with Gasteiger partial charge < -0.3 is 19.1 Å². The van der Waals surface area contributed by atoms with Gasteiger partial charge >= 0.3 is 0 Å². The van der Waals surface area contributed by atoms with Crippen LogP contribution >= 0.6 is 0 Å². The van der Waals surface area contributed by atoms with E-state index in [1.54, 1.807) is 0 Å². The quantitative estimate of drug-likeness (QED) is 0.503. The van der Waals surface area contributed by atoms with Gasteiger partial charge in [-0.25, -0.2) is 31.6 Å². The van der Waals surface area contributed by atoms with Crippen molar-refractivity contribution in [3.63, 3.8) is 0 Å². The predicted octanol–water partition coefficient (Wildman–Crippen LogP) is 2.89. The van der Waals surface area contributed by atoms with Crippen LogP contribution in [0.4, 0.5) is 19.1 Å². The van der Waals surface area contributed by atoms with Gasteiger partial charge in [0.05, 0.1) is 37.8 Å². The number of sulfonamides is 1. The van der Waals surface area contributed by atoms with Crippen molar-refractivity contribution in [3.05, 3.63) is 48.2 Å². The minimum absolute atomic E-state index is 0.000137. The third-order valence-corrected chi connectivity index (χ3v) is 8.44. The average molecular weight is 525 g/mol. The standard InChI is InChI=1S/C23H23F3N4O5S/c1-33-19-4-3-15(10-20(19)34-2)36(31,32)30-7-8-35-23(30)5-6-29(13-21(23)26)22-27-12-14-9-16(24)17(25)11-18(14)28-22/h3-4,9-12,21H,5-8,13H2,1-2H3. The van der Waals surface area contributed by atoms with Gasteiger partial charge in [-0.3, -0.25) is 0 Å². The molecule has 192 valence electrons. The Kier molecular flexibility index (Phi) is 6.17. The zero-order valence-corrected chi connectivity index (χ0v) is 20.3. The maximum atomic E-state index is 15.8. The lowest BCUT2D eigenvalue weighted by atomic mass is 9.99. The number of ether oxygens (including phenoxy) is 3. The SMILES string of the molecule is COc1ccc(S(=O)(=O)N2CCOC23CCN(c2ncc4cc(F)c(F)cc4n2)CC3F)cc1OC. The number of piperidine rings is 1. The maximum Gasteiger partial charge on any atom is 0.245 e. The summed E-state index contributed by atoms with van der Waals surface area (Å²) in [7, 11) is -1.33. The summed E-state index contributed by atoms with van der Waals surface area (Å²) < 4.78 is 87.3. The summed E-state index contributed by atoms with van der Waals surface area (Å²) in [4.78, 5) is 9.86. The molecule has 36 heavy (non-hydrogen) atoms. The minimum Gasteiger partial charge on any atom is -0.493 e. The van der Waals surface area contributed by atoms with E-state index >= 15 is 4.39 Å². The summed E-state index contributed by atoms with van der Waals surface area (Å²) in [5, 5.41) is 0.300. The van der Waals surface area contributed by atoms with Crippen molar-refractivity contribution < 1.29 is 35.8 Å². The van der Waals surface area contributed by atoms with Crippen molar-refractivity contribution in [1.82, 2.24) is 14.3 Å². The zero-order valence-electron chi connectivity index (χ0n) is 19.4. The Morgan fingerprint density at radius 3 is 2.56 bits per heavy atom. The lowest BCUT2D eigenvalue weighted by Gasteiger charge is -2.45. The molecule has 1 aromatic heterocycles. The number of methoxy groups -OCH3 is 2. The van der Waals surface area contributed by atoms with Crippen molar-refractivity contribution in [3.8, 4) is 11.5 Å². The van der Waals surface area contributed by atoms with Crippen LogP contribution in [0.25, 0.3) is 10.9 Å². The molecule has 2 atom stereocenters. The van der Waals surface area contributed by atoms with E-state index in [4.69, 9.17) is 14.2 Å². The first-order valence-electron chi connectivity index (χ1n) is 11.1. The summed E-state index contributed by atoms with van der Waals surface area (Å²) in [6, 6.07) is 6.10. The van der Waals surface area contributed by atoms with Crippen LogP contribution in [0.15, 0.2) is 41.4 Å². The molecule has 2 saturated heterocycles. The Balaban J connectivity index is 1.42. The van der Waals surface area contributed by atoms with E-state index in [1.165, 1.54) is 43.5 Å². The highest BCUT2D eigenvalue weighted by molar-refractivity contribution is 7.89. The van der Waals surface area contributed by atoms with E-state index in [2.05, 4.69) is 9.97 Å². The summed E-state index contributed by atoms with van der Waals surface area (Å²) in [6.07, 6.45) is -0.412. The molecule has 2 fully saturated rings. The lowest BCUT2D eigenvalue weighted by molar-refractivity contribution is -0.116. The number of hydrogen-bond acceptors (Lipinski definition) is 8. The van der Waals surface area contributed by atoms with Gasteiger partial charge in [-0.15, -0.1) is 0 Å². The van der Waals surface area contributed by atoms with Gasteiger partial charge in [0.25, 0.3) is 0 Å². The molecule has 0 saturated carbocycles. The highest BCUT2D eigenvalue weighted by atomic mass is 32.2. The molecule has 13 heteroatoms. The van der Waals surface area contributed by atoms with Crippen molar-refractivity contribution in [2.45, 2.75) is 23.2 Å². The largest absolute Gasteiger partial charge is 0.493 e. The fourth-order valence-electron chi connectivity index (χ4n) is 4.67. The molecule has 0 bridgehead atoms. The van der Waals surface area contributed by atoms with Gasteiger partial charge in [-0.1, -0.05) is 0 Å². The number of halogens is 3. The van der Waals surface area contributed by atoms with E-state index in [0.29, 0.717) is 11.1 Å². The van der Waals surface area contributed by atoms with Crippen molar-refractivity contribution in [1.29, 1.82) is 0 Å². The number of benzene rings is 2. The molecule has 5 rings (SSSR count). The number of aromatic nitrogens is 2. The fraction of sp³-hybridized carbons (Fsp3) is 0.391. The van der Waals surface area contributed by atoms with Crippen LogP contribution < -0.4 is 14.4 Å². The number of rotatable bonds is 5. The second-order valence-electron chi connectivity index (χ2n) is 8.45. The second-order valence-corrected chi connectivity index (χ2v) is 10.3. The van der Waals surface area contributed by atoms with Crippen LogP contribution in [0.3, 0.4) is 0 Å². The molecule has 2 aromatic carbocycles. The number of fused-ring (bicyclic) bond motifs is 1. The summed E-state index contributed by atoms with van der Waals surface area (Å²) in [6.45, 7) is -0.0701. The smallest absolute Gasteiger partial charge is 0.245 e. The zero-order chi connectivity index (χ0) is 25.7. The second kappa shape index (κ2) is 9.05. The molecule has 3 heterocycles. The van der Waals surface area contributed by atoms with E-state index in [1.807, 2.05) is 0 Å². The minimum atomic E-state index is -4.15. The van der Waals surface area contributed by atoms with Crippen molar-refractivity contribution in [2.24, 2.45) is 0 Å². The Hall–Kier alpha value is -3.16. The molecule has 2 aliphatic heterocycles. The van der Waals surface area contributed by atoms with Gasteiger partial charge in [0.2, 0.25) is 16.0 Å². The number of nitrogens with zero attached hydrogens (tertiary/aromatic N) is 4. The molecular weight excluding hydrogens is 501 g/mol. The molecular formula is C23H23F3N4O5S. The Morgan fingerprint density at radius 2 is 1.83 bits per heavy atom. The van der Waals surface area contributed by atoms with Gasteiger partial charge in [0, 0.05) is 43.2 Å². The van der Waals surface area contributed by atoms with Gasteiger partial charge in [0.15, 0.2) is 35.0 Å². The van der Waals surface area contributed by atoms with Gasteiger partial charge in [-0.2, -0.15) is 4.31 Å². The topological polar surface area (TPSA) is 94.1 Å². The summed E-state index contributed by atoms with van der Waals surface area (Å²) in [5.74, 6) is -1.36. The monoisotopic (exact) mass is 524 g/mol. The molecule has 2 aliphatic rings. The van der Waals surface area contributed by atoms with E-state index in [9.17, 15) is 17.2 Å². The number of hydrogen-bond donors (Lipinski definition) is 0. The third kappa shape index (κ3) is 3.91. The molecule has 1 spiro atoms. The molecule has 0 aliphatic carbocycles. The molecule has 0 amide bonds. The molecule has 0 N–H and O–H groups in total. The molecule has 0 radical (unpaired) electrons. The van der Waals surface area contributed by atoms with E-state index in [0.717, 1.165) is 16.4 Å².